The van der Waals surface area contributed by atoms with E-state index < -0.39 is 6.55 Å². The van der Waals surface area contributed by atoms with Crippen LogP contribution in [0.2, 0.25) is 0 Å². The van der Waals surface area contributed by atoms with E-state index in [0.717, 1.165) is 15.8 Å². The molecule has 4 aromatic rings. The summed E-state index contributed by atoms with van der Waals surface area (Å²) < 4.78 is 30.2. The van der Waals surface area contributed by atoms with E-state index in [1.165, 1.54) is 0 Å². The van der Waals surface area contributed by atoms with E-state index in [1.807, 2.05) is 48.1 Å². The van der Waals surface area contributed by atoms with Crippen LogP contribution in [0.15, 0.2) is 67.0 Å². The third kappa shape index (κ3) is 3.70. The van der Waals surface area contributed by atoms with Crippen LogP contribution in [0.5, 0.6) is 0 Å². The molecule has 4 rings (SSSR count). The fourth-order valence-electron chi connectivity index (χ4n) is 3.58. The van der Waals surface area contributed by atoms with Gasteiger partial charge in [0.2, 0.25) is 0 Å². The van der Waals surface area contributed by atoms with Crippen molar-refractivity contribution in [2.75, 3.05) is 6.54 Å². The molecule has 1 atom stereocenters. The first-order chi connectivity index (χ1) is 14.5. The number of nitrogens with one attached hydrogen (secondary N) is 1. The van der Waals surface area contributed by atoms with Gasteiger partial charge in [-0.15, -0.1) is 0 Å². The molecule has 0 aliphatic rings. The van der Waals surface area contributed by atoms with Crippen molar-refractivity contribution < 1.29 is 13.6 Å². The van der Waals surface area contributed by atoms with Crippen LogP contribution in [-0.4, -0.2) is 26.6 Å². The molecule has 0 spiro atoms. The summed E-state index contributed by atoms with van der Waals surface area (Å²) in [4.78, 5) is 17.1. The minimum absolute atomic E-state index is 0.196. The van der Waals surface area contributed by atoms with Gasteiger partial charge in [0.15, 0.2) is 0 Å². The molecule has 2 aromatic carbocycles. The van der Waals surface area contributed by atoms with Gasteiger partial charge in [-0.2, -0.15) is 8.78 Å². The maximum Gasteiger partial charge on any atom is 0.320 e. The minimum Gasteiger partial charge on any atom is -0.351 e. The Morgan fingerprint density at radius 3 is 2.57 bits per heavy atom. The highest BCUT2D eigenvalue weighted by atomic mass is 19.3. The molecule has 1 N–H and O–H groups in total. The predicted octanol–water partition coefficient (Wildman–Crippen LogP) is 5.06. The summed E-state index contributed by atoms with van der Waals surface area (Å²) in [5, 5.41) is 2.85. The zero-order chi connectivity index (χ0) is 21.3. The number of alkyl halides is 2. The Morgan fingerprint density at radius 2 is 1.83 bits per heavy atom. The van der Waals surface area contributed by atoms with Crippen molar-refractivity contribution >= 4 is 16.9 Å². The number of benzene rings is 2. The average Bonchev–Trinajstić information content (AvgIpc) is 3.40. The lowest BCUT2D eigenvalue weighted by Crippen LogP contribution is -2.28. The number of hydrogen-bond donors (Lipinski definition) is 1. The lowest BCUT2D eigenvalue weighted by molar-refractivity contribution is 0.0704. The van der Waals surface area contributed by atoms with Crippen molar-refractivity contribution in [1.29, 1.82) is 0 Å². The number of rotatable bonds is 6. The normalized spacial score (nSPS) is 12.4. The van der Waals surface area contributed by atoms with Gasteiger partial charge in [0.05, 0.1) is 11.0 Å². The molecular weight excluding hydrogens is 386 g/mol. The van der Waals surface area contributed by atoms with Crippen LogP contribution in [0, 0.1) is 6.92 Å². The number of fused-ring (bicyclic) bond motifs is 1. The Bertz CT molecular complexity index is 1180. The smallest absolute Gasteiger partial charge is 0.320 e. The van der Waals surface area contributed by atoms with Gasteiger partial charge in [-0.05, 0) is 48.9 Å². The zero-order valence-electron chi connectivity index (χ0n) is 16.7. The molecule has 0 saturated heterocycles. The second kappa shape index (κ2) is 8.10. The first-order valence-corrected chi connectivity index (χ1v) is 9.73. The monoisotopic (exact) mass is 408 g/mol. The van der Waals surface area contributed by atoms with Crippen molar-refractivity contribution in [1.82, 2.24) is 19.4 Å². The number of amides is 1. The number of carbonyl (C=O) groups is 1. The Kier molecular flexibility index (Phi) is 5.35. The van der Waals surface area contributed by atoms with Crippen LogP contribution < -0.4 is 5.32 Å². The van der Waals surface area contributed by atoms with Gasteiger partial charge in [-0.3, -0.25) is 9.36 Å². The number of nitrogens with zero attached hydrogens (tertiary/aromatic N) is 3. The Labute approximate surface area is 173 Å². The molecule has 7 heteroatoms. The van der Waals surface area contributed by atoms with Crippen molar-refractivity contribution in [2.24, 2.45) is 0 Å². The van der Waals surface area contributed by atoms with Crippen LogP contribution in [0.1, 0.15) is 41.1 Å². The summed E-state index contributed by atoms with van der Waals surface area (Å²) in [5.74, 6) is -0.386. The standard InChI is InChI=1S/C23H22F2N4O/c1-15-9-10-17(13-20(15)28-11-5-6-12-28)22(30)26-14-16(2)21-27-18-7-3-4-8-19(18)29(21)23(24)25/h3-13,16,23H,14H2,1-2H3,(H,26,30). The van der Waals surface area contributed by atoms with E-state index in [1.54, 1.807) is 37.3 Å². The Hall–Kier alpha value is -3.48. The Morgan fingerprint density at radius 1 is 1.10 bits per heavy atom. The van der Waals surface area contributed by atoms with E-state index in [0.29, 0.717) is 16.6 Å². The van der Waals surface area contributed by atoms with E-state index in [4.69, 9.17) is 0 Å². The number of hydrogen-bond acceptors (Lipinski definition) is 2. The molecule has 154 valence electrons. The fourth-order valence-corrected chi connectivity index (χ4v) is 3.58. The van der Waals surface area contributed by atoms with Crippen LogP contribution in [0.25, 0.3) is 16.7 Å². The molecular formula is C23H22F2N4O. The molecule has 1 unspecified atom stereocenters. The van der Waals surface area contributed by atoms with Gasteiger partial charge in [0, 0.05) is 36.1 Å². The van der Waals surface area contributed by atoms with E-state index in [-0.39, 0.29) is 24.2 Å². The molecule has 0 radical (unpaired) electrons. The maximum absolute atomic E-state index is 13.7. The van der Waals surface area contributed by atoms with Crippen LogP contribution in [0.3, 0.4) is 0 Å². The molecule has 0 saturated carbocycles. The van der Waals surface area contributed by atoms with E-state index in [2.05, 4.69) is 10.3 Å². The second-order valence-corrected chi connectivity index (χ2v) is 7.31. The highest BCUT2D eigenvalue weighted by Crippen LogP contribution is 2.27. The molecule has 30 heavy (non-hydrogen) atoms. The lowest BCUT2D eigenvalue weighted by atomic mass is 10.1. The first-order valence-electron chi connectivity index (χ1n) is 9.73. The SMILES string of the molecule is Cc1ccc(C(=O)NCC(C)c2nc3ccccc3n2C(F)F)cc1-n1cccc1. The van der Waals surface area contributed by atoms with Crippen LogP contribution in [0.4, 0.5) is 8.78 Å². The lowest BCUT2D eigenvalue weighted by Gasteiger charge is -2.15. The van der Waals surface area contributed by atoms with Crippen molar-refractivity contribution in [2.45, 2.75) is 26.3 Å². The number of halogens is 2. The largest absolute Gasteiger partial charge is 0.351 e. The number of carbonyl (C=O) groups excluding carboxylic acids is 1. The summed E-state index contributed by atoms with van der Waals surface area (Å²) in [7, 11) is 0. The van der Waals surface area contributed by atoms with E-state index in [9.17, 15) is 13.6 Å². The fraction of sp³-hybridized carbons (Fsp3) is 0.217. The van der Waals surface area contributed by atoms with Gasteiger partial charge < -0.3 is 9.88 Å². The molecule has 0 fully saturated rings. The van der Waals surface area contributed by atoms with Gasteiger partial charge >= 0.3 is 6.55 Å². The first kappa shape index (κ1) is 19.8. The van der Waals surface area contributed by atoms with Crippen LogP contribution in [-0.2, 0) is 0 Å². The number of para-hydroxylation sites is 2. The topological polar surface area (TPSA) is 51.9 Å². The van der Waals surface area contributed by atoms with Crippen molar-refractivity contribution in [3.8, 4) is 5.69 Å². The average molecular weight is 408 g/mol. The Balaban J connectivity index is 1.53. The molecule has 2 heterocycles. The summed E-state index contributed by atoms with van der Waals surface area (Å²) in [6.45, 7) is 1.25. The van der Waals surface area contributed by atoms with Crippen molar-refractivity contribution in [3.05, 3.63) is 83.9 Å². The molecule has 0 aliphatic carbocycles. The molecule has 0 aliphatic heterocycles. The second-order valence-electron chi connectivity index (χ2n) is 7.31. The van der Waals surface area contributed by atoms with Gasteiger partial charge in [0.1, 0.15) is 5.82 Å². The predicted molar refractivity (Wildman–Crippen MR) is 112 cm³/mol. The van der Waals surface area contributed by atoms with Gasteiger partial charge in [-0.1, -0.05) is 25.1 Å². The molecule has 0 bridgehead atoms. The quantitative estimate of drug-likeness (QED) is 0.485. The molecule has 5 nitrogen and oxygen atoms in total. The van der Waals surface area contributed by atoms with E-state index >= 15 is 0 Å². The summed E-state index contributed by atoms with van der Waals surface area (Å²) in [6, 6.07) is 16.1. The molecule has 2 aromatic heterocycles. The summed E-state index contributed by atoms with van der Waals surface area (Å²) >= 11 is 0. The maximum atomic E-state index is 13.7. The van der Waals surface area contributed by atoms with Gasteiger partial charge in [-0.25, -0.2) is 4.98 Å². The highest BCUT2D eigenvalue weighted by molar-refractivity contribution is 5.95. The third-order valence-electron chi connectivity index (χ3n) is 5.18. The molecule has 1 amide bonds. The zero-order valence-corrected chi connectivity index (χ0v) is 16.7. The van der Waals surface area contributed by atoms with Crippen LogP contribution >= 0.6 is 0 Å². The highest BCUT2D eigenvalue weighted by Gasteiger charge is 2.22. The number of aromatic nitrogens is 3. The summed E-state index contributed by atoms with van der Waals surface area (Å²) in [6.07, 6.45) is 3.84. The summed E-state index contributed by atoms with van der Waals surface area (Å²) in [5.41, 5.74) is 3.37. The number of imidazole rings is 1. The number of aryl methyl sites for hydroxylation is 1. The van der Waals surface area contributed by atoms with Gasteiger partial charge in [0.25, 0.3) is 5.91 Å². The minimum atomic E-state index is -2.70. The third-order valence-corrected chi connectivity index (χ3v) is 5.18. The van der Waals surface area contributed by atoms with Crippen molar-refractivity contribution in [3.63, 3.8) is 0 Å².